The van der Waals surface area contributed by atoms with Crippen LogP contribution in [0.5, 0.6) is 0 Å². The lowest BCUT2D eigenvalue weighted by Crippen LogP contribution is -2.50. The Bertz CT molecular complexity index is 975. The van der Waals surface area contributed by atoms with Crippen LogP contribution in [0, 0.1) is 10.1 Å². The zero-order valence-electron chi connectivity index (χ0n) is 18.1. The third-order valence-electron chi connectivity index (χ3n) is 5.89. The lowest BCUT2D eigenvalue weighted by Gasteiger charge is -2.31. The van der Waals surface area contributed by atoms with E-state index in [1.54, 1.807) is 25.1 Å². The van der Waals surface area contributed by atoms with E-state index in [0.717, 1.165) is 35.7 Å². The van der Waals surface area contributed by atoms with Crippen molar-refractivity contribution >= 4 is 33.4 Å². The van der Waals surface area contributed by atoms with Crippen LogP contribution in [0.25, 0.3) is 0 Å². The first-order valence-corrected chi connectivity index (χ1v) is 11.7. The SMILES string of the molecule is C[C@@H](C(=O)NC1CCCCC1)N(Cc1cccc(Br)c1)C(=O)Cc1ccccc1[N+](=O)[O-]. The Balaban J connectivity index is 1.81. The molecule has 0 bridgehead atoms. The molecule has 0 spiro atoms. The minimum absolute atomic E-state index is 0.0948. The summed E-state index contributed by atoms with van der Waals surface area (Å²) in [6.07, 6.45) is 5.13. The van der Waals surface area contributed by atoms with Crippen LogP contribution in [0.4, 0.5) is 5.69 Å². The summed E-state index contributed by atoms with van der Waals surface area (Å²) in [6.45, 7) is 1.95. The monoisotopic (exact) mass is 501 g/mol. The number of nitrogens with one attached hydrogen (secondary N) is 1. The Morgan fingerprint density at radius 1 is 1.16 bits per heavy atom. The molecule has 0 saturated heterocycles. The van der Waals surface area contributed by atoms with Crippen molar-refractivity contribution in [2.75, 3.05) is 0 Å². The molecular weight excluding hydrogens is 474 g/mol. The van der Waals surface area contributed by atoms with Crippen molar-refractivity contribution in [3.63, 3.8) is 0 Å². The van der Waals surface area contributed by atoms with Crippen molar-refractivity contribution in [1.82, 2.24) is 10.2 Å². The summed E-state index contributed by atoms with van der Waals surface area (Å²) < 4.78 is 0.875. The lowest BCUT2D eigenvalue weighted by atomic mass is 9.95. The van der Waals surface area contributed by atoms with Crippen molar-refractivity contribution < 1.29 is 14.5 Å². The average molecular weight is 502 g/mol. The first-order valence-electron chi connectivity index (χ1n) is 10.9. The van der Waals surface area contributed by atoms with Gasteiger partial charge < -0.3 is 10.2 Å². The van der Waals surface area contributed by atoms with Crippen molar-refractivity contribution in [1.29, 1.82) is 0 Å². The number of nitrogens with zero attached hydrogens (tertiary/aromatic N) is 2. The predicted octanol–water partition coefficient (Wildman–Crippen LogP) is 4.77. The van der Waals surface area contributed by atoms with E-state index in [0.29, 0.717) is 5.56 Å². The fraction of sp³-hybridized carbons (Fsp3) is 0.417. The van der Waals surface area contributed by atoms with Gasteiger partial charge >= 0.3 is 0 Å². The van der Waals surface area contributed by atoms with Gasteiger partial charge in [-0.3, -0.25) is 19.7 Å². The van der Waals surface area contributed by atoms with Crippen LogP contribution in [0.3, 0.4) is 0 Å². The van der Waals surface area contributed by atoms with Gasteiger partial charge in [0.2, 0.25) is 11.8 Å². The highest BCUT2D eigenvalue weighted by atomic mass is 79.9. The van der Waals surface area contributed by atoms with Gasteiger partial charge in [0, 0.05) is 28.7 Å². The van der Waals surface area contributed by atoms with Crippen molar-refractivity contribution in [3.8, 4) is 0 Å². The molecule has 1 aliphatic rings. The minimum atomic E-state index is -0.703. The predicted molar refractivity (Wildman–Crippen MR) is 126 cm³/mol. The van der Waals surface area contributed by atoms with Gasteiger partial charge in [-0.15, -0.1) is 0 Å². The second kappa shape index (κ2) is 11.2. The summed E-state index contributed by atoms with van der Waals surface area (Å²) in [5.74, 6) is -0.520. The topological polar surface area (TPSA) is 92.6 Å². The standard InChI is InChI=1S/C24H28BrN3O4/c1-17(24(30)26-21-11-3-2-4-12-21)27(16-18-8-7-10-20(25)14-18)23(29)15-19-9-5-6-13-22(19)28(31)32/h5-10,13-14,17,21H,2-4,11-12,15-16H2,1H3,(H,26,30)/t17-/m0/s1. The Morgan fingerprint density at radius 2 is 1.88 bits per heavy atom. The quantitative estimate of drug-likeness (QED) is 0.416. The largest absolute Gasteiger partial charge is 0.352 e. The summed E-state index contributed by atoms with van der Waals surface area (Å²) >= 11 is 3.44. The van der Waals surface area contributed by atoms with Crippen molar-refractivity contribution in [2.45, 2.75) is 64.1 Å². The highest BCUT2D eigenvalue weighted by Gasteiger charge is 2.29. The van der Waals surface area contributed by atoms with Crippen molar-refractivity contribution in [3.05, 3.63) is 74.2 Å². The maximum atomic E-state index is 13.3. The molecule has 3 rings (SSSR count). The Hall–Kier alpha value is -2.74. The van der Waals surface area contributed by atoms with Gasteiger partial charge in [-0.25, -0.2) is 0 Å². The van der Waals surface area contributed by atoms with Gasteiger partial charge in [0.15, 0.2) is 0 Å². The number of nitro benzene ring substituents is 1. The first-order chi connectivity index (χ1) is 15.3. The van der Waals surface area contributed by atoms with Gasteiger partial charge in [-0.1, -0.05) is 65.5 Å². The van der Waals surface area contributed by atoms with Crippen LogP contribution in [0.15, 0.2) is 53.0 Å². The number of amides is 2. The molecule has 2 amide bonds. The molecule has 0 radical (unpaired) electrons. The Kier molecular flexibility index (Phi) is 8.39. The van der Waals surface area contributed by atoms with Crippen molar-refractivity contribution in [2.24, 2.45) is 0 Å². The molecule has 0 unspecified atom stereocenters. The molecule has 0 heterocycles. The minimum Gasteiger partial charge on any atom is -0.352 e. The van der Waals surface area contributed by atoms with E-state index in [-0.39, 0.29) is 36.5 Å². The number of benzene rings is 2. The van der Waals surface area contributed by atoms with E-state index in [4.69, 9.17) is 0 Å². The number of para-hydroxylation sites is 1. The smallest absolute Gasteiger partial charge is 0.273 e. The third-order valence-corrected chi connectivity index (χ3v) is 6.38. The number of halogens is 1. The summed E-state index contributed by atoms with van der Waals surface area (Å²) in [6, 6.07) is 13.2. The molecule has 8 heteroatoms. The normalized spacial score (nSPS) is 15.1. The number of carbonyl (C=O) groups excluding carboxylic acids is 2. The fourth-order valence-electron chi connectivity index (χ4n) is 4.09. The van der Waals surface area contributed by atoms with Crippen LogP contribution in [-0.4, -0.2) is 33.7 Å². The van der Waals surface area contributed by atoms with E-state index < -0.39 is 11.0 Å². The molecule has 1 N–H and O–H groups in total. The molecule has 1 saturated carbocycles. The molecule has 32 heavy (non-hydrogen) atoms. The van der Waals surface area contributed by atoms with Crippen LogP contribution < -0.4 is 5.32 Å². The molecule has 1 atom stereocenters. The van der Waals surface area contributed by atoms with Gasteiger partial charge in [0.1, 0.15) is 6.04 Å². The lowest BCUT2D eigenvalue weighted by molar-refractivity contribution is -0.385. The Labute approximate surface area is 196 Å². The molecule has 0 aliphatic heterocycles. The zero-order chi connectivity index (χ0) is 23.1. The Morgan fingerprint density at radius 3 is 2.56 bits per heavy atom. The van der Waals surface area contributed by atoms with E-state index in [2.05, 4.69) is 21.2 Å². The molecule has 2 aromatic rings. The van der Waals surface area contributed by atoms with Gasteiger partial charge in [0.05, 0.1) is 11.3 Å². The number of hydrogen-bond acceptors (Lipinski definition) is 4. The summed E-state index contributed by atoms with van der Waals surface area (Å²) in [5.41, 5.74) is 1.11. The van der Waals surface area contributed by atoms with E-state index in [9.17, 15) is 19.7 Å². The van der Waals surface area contributed by atoms with Gasteiger partial charge in [-0.05, 0) is 37.5 Å². The summed E-state index contributed by atoms with van der Waals surface area (Å²) in [4.78, 5) is 38.7. The molecule has 0 aromatic heterocycles. The second-order valence-corrected chi connectivity index (χ2v) is 9.15. The molecular formula is C24H28BrN3O4. The van der Waals surface area contributed by atoms with Crippen LogP contribution in [0.2, 0.25) is 0 Å². The maximum Gasteiger partial charge on any atom is 0.273 e. The molecule has 2 aromatic carbocycles. The van der Waals surface area contributed by atoms with Crippen LogP contribution in [-0.2, 0) is 22.6 Å². The highest BCUT2D eigenvalue weighted by molar-refractivity contribution is 9.10. The maximum absolute atomic E-state index is 13.3. The van der Waals surface area contributed by atoms with E-state index >= 15 is 0 Å². The van der Waals surface area contributed by atoms with E-state index in [1.165, 1.54) is 17.4 Å². The third kappa shape index (κ3) is 6.38. The first kappa shape index (κ1) is 23.9. The highest BCUT2D eigenvalue weighted by Crippen LogP contribution is 2.22. The van der Waals surface area contributed by atoms with Gasteiger partial charge in [-0.2, -0.15) is 0 Å². The second-order valence-electron chi connectivity index (χ2n) is 8.23. The van der Waals surface area contributed by atoms with Crippen LogP contribution in [0.1, 0.15) is 50.2 Å². The average Bonchev–Trinajstić information content (AvgIpc) is 2.78. The number of hydrogen-bond donors (Lipinski definition) is 1. The van der Waals surface area contributed by atoms with Crippen LogP contribution >= 0.6 is 15.9 Å². The molecule has 1 aliphatic carbocycles. The fourth-order valence-corrected chi connectivity index (χ4v) is 4.53. The summed E-state index contributed by atoms with van der Waals surface area (Å²) in [7, 11) is 0. The molecule has 170 valence electrons. The number of rotatable bonds is 8. The van der Waals surface area contributed by atoms with Gasteiger partial charge in [0.25, 0.3) is 5.69 Å². The molecule has 1 fully saturated rings. The number of nitro groups is 1. The van der Waals surface area contributed by atoms with E-state index in [1.807, 2.05) is 24.3 Å². The summed E-state index contributed by atoms with van der Waals surface area (Å²) in [5, 5.41) is 14.5. The molecule has 7 nitrogen and oxygen atoms in total. The number of carbonyl (C=O) groups is 2. The zero-order valence-corrected chi connectivity index (χ0v) is 19.7.